The Morgan fingerprint density at radius 3 is 1.95 bits per heavy atom. The average Bonchev–Trinajstić information content (AvgIpc) is 3.28. The predicted octanol–water partition coefficient (Wildman–Crippen LogP) is -1.44. The van der Waals surface area contributed by atoms with Gasteiger partial charge in [-0.2, -0.15) is 0 Å². The molecule has 0 aromatic heterocycles. The van der Waals surface area contributed by atoms with Gasteiger partial charge in [-0.25, -0.2) is 0 Å². The standard InChI is InChI=1S/C12H22O7/c13-1-9(14)2-17-10(3-15-5-11-7-18-11)4-16-6-12-8-19-12/h9-14H,1-8H2. The van der Waals surface area contributed by atoms with Crippen molar-refractivity contribution in [1.29, 1.82) is 0 Å². The first-order valence-corrected chi connectivity index (χ1v) is 6.57. The first-order valence-electron chi connectivity index (χ1n) is 6.57. The minimum absolute atomic E-state index is 0.0632. The molecule has 7 heteroatoms. The molecule has 0 aromatic rings. The summed E-state index contributed by atoms with van der Waals surface area (Å²) in [7, 11) is 0. The second-order valence-corrected chi connectivity index (χ2v) is 4.78. The fourth-order valence-electron chi connectivity index (χ4n) is 1.43. The van der Waals surface area contributed by atoms with Gasteiger partial charge < -0.3 is 33.9 Å². The molecule has 0 saturated carbocycles. The molecule has 112 valence electrons. The van der Waals surface area contributed by atoms with Crippen LogP contribution in [0, 0.1) is 0 Å². The van der Waals surface area contributed by atoms with Crippen LogP contribution >= 0.6 is 0 Å². The van der Waals surface area contributed by atoms with Crippen molar-refractivity contribution < 1.29 is 33.9 Å². The van der Waals surface area contributed by atoms with Crippen molar-refractivity contribution in [3.8, 4) is 0 Å². The SMILES string of the molecule is OCC(O)COC(COCC1CO1)COCC1CO1. The van der Waals surface area contributed by atoms with E-state index in [1.54, 1.807) is 0 Å². The lowest BCUT2D eigenvalue weighted by Crippen LogP contribution is -2.31. The zero-order valence-corrected chi connectivity index (χ0v) is 10.9. The van der Waals surface area contributed by atoms with Crippen LogP contribution in [0.1, 0.15) is 0 Å². The lowest BCUT2D eigenvalue weighted by Gasteiger charge is -2.19. The van der Waals surface area contributed by atoms with Gasteiger partial charge in [0, 0.05) is 0 Å². The van der Waals surface area contributed by atoms with Crippen molar-refractivity contribution in [3.05, 3.63) is 0 Å². The Hall–Kier alpha value is -0.280. The second-order valence-electron chi connectivity index (χ2n) is 4.78. The van der Waals surface area contributed by atoms with E-state index < -0.39 is 6.10 Å². The van der Waals surface area contributed by atoms with Gasteiger partial charge in [0.05, 0.1) is 52.9 Å². The van der Waals surface area contributed by atoms with Gasteiger partial charge in [-0.15, -0.1) is 0 Å². The predicted molar refractivity (Wildman–Crippen MR) is 64.0 cm³/mol. The molecule has 3 unspecified atom stereocenters. The summed E-state index contributed by atoms with van der Waals surface area (Å²) in [5.41, 5.74) is 0. The molecule has 2 rings (SSSR count). The van der Waals surface area contributed by atoms with Crippen LogP contribution in [-0.2, 0) is 23.7 Å². The van der Waals surface area contributed by atoms with E-state index in [2.05, 4.69) is 0 Å². The molecule has 2 fully saturated rings. The van der Waals surface area contributed by atoms with Crippen molar-refractivity contribution in [2.24, 2.45) is 0 Å². The van der Waals surface area contributed by atoms with Gasteiger partial charge in [0.1, 0.15) is 24.4 Å². The monoisotopic (exact) mass is 278 g/mol. The van der Waals surface area contributed by atoms with Gasteiger partial charge in [0.25, 0.3) is 0 Å². The van der Waals surface area contributed by atoms with Crippen LogP contribution in [-0.4, -0.2) is 87.5 Å². The highest BCUT2D eigenvalue weighted by Gasteiger charge is 2.25. The Morgan fingerprint density at radius 2 is 1.53 bits per heavy atom. The van der Waals surface area contributed by atoms with Gasteiger partial charge in [0.2, 0.25) is 0 Å². The highest BCUT2D eigenvalue weighted by molar-refractivity contribution is 4.70. The van der Waals surface area contributed by atoms with Crippen LogP contribution in [0.2, 0.25) is 0 Å². The summed E-state index contributed by atoms with van der Waals surface area (Å²) < 4.78 is 26.4. The van der Waals surface area contributed by atoms with Crippen LogP contribution in [0.15, 0.2) is 0 Å². The molecule has 19 heavy (non-hydrogen) atoms. The molecule has 2 N–H and O–H groups in total. The molecule has 2 aliphatic rings. The second kappa shape index (κ2) is 8.11. The number of hydrogen-bond donors (Lipinski definition) is 2. The van der Waals surface area contributed by atoms with E-state index in [0.717, 1.165) is 13.2 Å². The molecule has 0 aliphatic carbocycles. The van der Waals surface area contributed by atoms with E-state index in [9.17, 15) is 5.11 Å². The van der Waals surface area contributed by atoms with E-state index in [4.69, 9.17) is 28.8 Å². The van der Waals surface area contributed by atoms with Crippen molar-refractivity contribution in [2.45, 2.75) is 24.4 Å². The minimum Gasteiger partial charge on any atom is -0.394 e. The maximum Gasteiger partial charge on any atom is 0.104 e. The molecule has 0 amide bonds. The van der Waals surface area contributed by atoms with E-state index in [1.807, 2.05) is 0 Å². The molecule has 7 nitrogen and oxygen atoms in total. The number of aliphatic hydroxyl groups excluding tert-OH is 2. The van der Waals surface area contributed by atoms with Gasteiger partial charge in [-0.05, 0) is 0 Å². The van der Waals surface area contributed by atoms with Crippen LogP contribution < -0.4 is 0 Å². The zero-order chi connectivity index (χ0) is 13.5. The van der Waals surface area contributed by atoms with Gasteiger partial charge in [-0.1, -0.05) is 0 Å². The number of aliphatic hydroxyl groups is 2. The highest BCUT2D eigenvalue weighted by atomic mass is 16.6. The largest absolute Gasteiger partial charge is 0.394 e. The fraction of sp³-hybridized carbons (Fsp3) is 1.00. The maximum absolute atomic E-state index is 9.26. The topological polar surface area (TPSA) is 93.2 Å². The Bertz CT molecular complexity index is 224. The Morgan fingerprint density at radius 1 is 1.00 bits per heavy atom. The minimum atomic E-state index is -0.874. The van der Waals surface area contributed by atoms with E-state index in [1.165, 1.54) is 0 Å². The summed E-state index contributed by atoms with van der Waals surface area (Å²) in [6.45, 7) is 3.11. The molecule has 2 heterocycles. The smallest absolute Gasteiger partial charge is 0.104 e. The lowest BCUT2D eigenvalue weighted by molar-refractivity contribution is -0.0896. The normalized spacial score (nSPS) is 28.1. The third-order valence-electron chi connectivity index (χ3n) is 2.75. The molecule has 3 atom stereocenters. The first kappa shape index (κ1) is 15.1. The van der Waals surface area contributed by atoms with Gasteiger partial charge in [-0.3, -0.25) is 0 Å². The van der Waals surface area contributed by atoms with Gasteiger partial charge >= 0.3 is 0 Å². The Labute approximate surface area is 112 Å². The molecule has 0 bridgehead atoms. The Kier molecular flexibility index (Phi) is 6.45. The summed E-state index contributed by atoms with van der Waals surface area (Å²) in [6, 6.07) is 0. The summed E-state index contributed by atoms with van der Waals surface area (Å²) in [5, 5.41) is 18.0. The molecular weight excluding hydrogens is 256 g/mol. The van der Waals surface area contributed by atoms with Crippen molar-refractivity contribution in [1.82, 2.24) is 0 Å². The van der Waals surface area contributed by atoms with Crippen LogP contribution in [0.3, 0.4) is 0 Å². The van der Waals surface area contributed by atoms with E-state index >= 15 is 0 Å². The molecule has 2 aliphatic heterocycles. The number of ether oxygens (including phenoxy) is 5. The molecular formula is C12H22O7. The number of hydrogen-bond acceptors (Lipinski definition) is 7. The zero-order valence-electron chi connectivity index (χ0n) is 10.9. The number of rotatable bonds is 12. The highest BCUT2D eigenvalue weighted by Crippen LogP contribution is 2.11. The molecule has 0 radical (unpaired) electrons. The summed E-state index contributed by atoms with van der Waals surface area (Å²) >= 11 is 0. The Balaban J connectivity index is 1.57. The van der Waals surface area contributed by atoms with Crippen molar-refractivity contribution >= 4 is 0 Å². The third-order valence-corrected chi connectivity index (χ3v) is 2.75. The van der Waals surface area contributed by atoms with Crippen molar-refractivity contribution in [2.75, 3.05) is 52.9 Å². The average molecular weight is 278 g/mol. The van der Waals surface area contributed by atoms with Crippen LogP contribution in [0.25, 0.3) is 0 Å². The van der Waals surface area contributed by atoms with Gasteiger partial charge in [0.15, 0.2) is 0 Å². The summed E-state index contributed by atoms with van der Waals surface area (Å²) in [6.07, 6.45) is -0.714. The molecule has 0 aromatic carbocycles. The maximum atomic E-state index is 9.26. The summed E-state index contributed by atoms with van der Waals surface area (Å²) in [5.74, 6) is 0. The molecule has 0 spiro atoms. The quantitative estimate of drug-likeness (QED) is 0.422. The van der Waals surface area contributed by atoms with Crippen molar-refractivity contribution in [3.63, 3.8) is 0 Å². The van der Waals surface area contributed by atoms with Crippen LogP contribution in [0.5, 0.6) is 0 Å². The molecule has 2 saturated heterocycles. The van der Waals surface area contributed by atoms with E-state index in [0.29, 0.717) is 26.4 Å². The third kappa shape index (κ3) is 7.17. The number of epoxide rings is 2. The fourth-order valence-corrected chi connectivity index (χ4v) is 1.43. The van der Waals surface area contributed by atoms with E-state index in [-0.39, 0.29) is 31.5 Å². The lowest BCUT2D eigenvalue weighted by atomic mass is 10.3. The summed E-state index contributed by atoms with van der Waals surface area (Å²) in [4.78, 5) is 0. The van der Waals surface area contributed by atoms with Crippen LogP contribution in [0.4, 0.5) is 0 Å². The first-order chi connectivity index (χ1) is 9.28.